The SMILES string of the molecule is C=CCN(CC=C)CC(O)c1ccc(F)c([N+](=O)[O-])c1. The minimum atomic E-state index is -0.950. The van der Waals surface area contributed by atoms with E-state index in [9.17, 15) is 19.6 Å². The number of nitrogens with zero attached hydrogens (tertiary/aromatic N) is 2. The van der Waals surface area contributed by atoms with Crippen molar-refractivity contribution in [1.29, 1.82) is 0 Å². The molecule has 0 heterocycles. The molecule has 1 aromatic rings. The van der Waals surface area contributed by atoms with Crippen molar-refractivity contribution in [3.63, 3.8) is 0 Å². The summed E-state index contributed by atoms with van der Waals surface area (Å²) in [5.74, 6) is -0.917. The monoisotopic (exact) mass is 280 g/mol. The lowest BCUT2D eigenvalue weighted by Crippen LogP contribution is -2.29. The van der Waals surface area contributed by atoms with Crippen molar-refractivity contribution in [3.8, 4) is 0 Å². The summed E-state index contributed by atoms with van der Waals surface area (Å²) in [6.07, 6.45) is 2.42. The lowest BCUT2D eigenvalue weighted by Gasteiger charge is -2.22. The second-order valence-electron chi connectivity index (χ2n) is 4.28. The number of rotatable bonds is 8. The van der Waals surface area contributed by atoms with Crippen molar-refractivity contribution in [2.24, 2.45) is 0 Å². The fourth-order valence-electron chi connectivity index (χ4n) is 1.82. The van der Waals surface area contributed by atoms with Crippen LogP contribution in [0.4, 0.5) is 10.1 Å². The lowest BCUT2D eigenvalue weighted by atomic mass is 10.1. The molecule has 0 amide bonds. The molecule has 6 heteroatoms. The first-order valence-electron chi connectivity index (χ1n) is 6.05. The predicted molar refractivity (Wildman–Crippen MR) is 74.8 cm³/mol. The fraction of sp³-hybridized carbons (Fsp3) is 0.286. The molecule has 0 aliphatic rings. The van der Waals surface area contributed by atoms with Crippen LogP contribution in [0.3, 0.4) is 0 Å². The quantitative estimate of drug-likeness (QED) is 0.451. The molecule has 0 fully saturated rings. The molecule has 0 radical (unpaired) electrons. The second-order valence-corrected chi connectivity index (χ2v) is 4.28. The molecule has 5 nitrogen and oxygen atoms in total. The van der Waals surface area contributed by atoms with E-state index in [0.29, 0.717) is 18.7 Å². The zero-order valence-corrected chi connectivity index (χ0v) is 11.0. The first-order chi connectivity index (χ1) is 9.49. The van der Waals surface area contributed by atoms with Gasteiger partial charge in [-0.05, 0) is 11.6 Å². The number of nitro groups is 1. The van der Waals surface area contributed by atoms with Gasteiger partial charge in [0, 0.05) is 25.7 Å². The summed E-state index contributed by atoms with van der Waals surface area (Å²) in [6, 6.07) is 3.38. The Morgan fingerprint density at radius 2 is 2.00 bits per heavy atom. The zero-order valence-electron chi connectivity index (χ0n) is 11.0. The minimum absolute atomic E-state index is 0.251. The van der Waals surface area contributed by atoms with Gasteiger partial charge < -0.3 is 5.11 Å². The van der Waals surface area contributed by atoms with E-state index in [1.807, 2.05) is 4.90 Å². The summed E-state index contributed by atoms with van der Waals surface area (Å²) >= 11 is 0. The summed E-state index contributed by atoms with van der Waals surface area (Å²) in [5, 5.41) is 20.8. The summed E-state index contributed by atoms with van der Waals surface area (Å²) < 4.78 is 13.2. The van der Waals surface area contributed by atoms with Crippen molar-refractivity contribution in [3.05, 3.63) is 65.0 Å². The summed E-state index contributed by atoms with van der Waals surface area (Å²) in [7, 11) is 0. The summed E-state index contributed by atoms with van der Waals surface area (Å²) in [6.45, 7) is 8.58. The van der Waals surface area contributed by atoms with Crippen LogP contribution in [0.5, 0.6) is 0 Å². The van der Waals surface area contributed by atoms with Gasteiger partial charge >= 0.3 is 5.69 Å². The maximum atomic E-state index is 13.2. The number of aliphatic hydroxyl groups is 1. The van der Waals surface area contributed by atoms with Gasteiger partial charge in [-0.2, -0.15) is 4.39 Å². The van der Waals surface area contributed by atoms with Crippen LogP contribution in [0.2, 0.25) is 0 Å². The van der Waals surface area contributed by atoms with Gasteiger partial charge in [-0.25, -0.2) is 0 Å². The molecule has 0 spiro atoms. The van der Waals surface area contributed by atoms with Gasteiger partial charge in [-0.1, -0.05) is 18.2 Å². The number of benzene rings is 1. The first kappa shape index (κ1) is 16.0. The molecule has 0 saturated carbocycles. The van der Waals surface area contributed by atoms with Gasteiger partial charge in [0.1, 0.15) is 0 Å². The van der Waals surface area contributed by atoms with E-state index in [1.165, 1.54) is 6.07 Å². The fourth-order valence-corrected chi connectivity index (χ4v) is 1.82. The van der Waals surface area contributed by atoms with Gasteiger partial charge in [0.25, 0.3) is 0 Å². The first-order valence-corrected chi connectivity index (χ1v) is 6.05. The third-order valence-electron chi connectivity index (χ3n) is 2.76. The van der Waals surface area contributed by atoms with Crippen molar-refractivity contribution in [2.75, 3.05) is 19.6 Å². The molecule has 0 aromatic heterocycles. The molecule has 1 aromatic carbocycles. The van der Waals surface area contributed by atoms with Crippen LogP contribution in [0.15, 0.2) is 43.5 Å². The zero-order chi connectivity index (χ0) is 15.1. The molecule has 1 N–H and O–H groups in total. The van der Waals surface area contributed by atoms with Gasteiger partial charge in [0.15, 0.2) is 0 Å². The standard InChI is InChI=1S/C14H17FN2O3/c1-3-7-16(8-4-2)10-14(18)11-5-6-12(15)13(9-11)17(19)20/h3-6,9,14,18H,1-2,7-8,10H2. The Bertz CT molecular complexity index is 495. The van der Waals surface area contributed by atoms with Gasteiger partial charge in [0.2, 0.25) is 5.82 Å². The maximum Gasteiger partial charge on any atom is 0.305 e. The topological polar surface area (TPSA) is 66.6 Å². The Morgan fingerprint density at radius 3 is 2.50 bits per heavy atom. The molecule has 0 bridgehead atoms. The molecular weight excluding hydrogens is 263 g/mol. The molecule has 1 unspecified atom stereocenters. The largest absolute Gasteiger partial charge is 0.387 e. The van der Waals surface area contributed by atoms with Crippen LogP contribution in [0.1, 0.15) is 11.7 Å². The van der Waals surface area contributed by atoms with Crippen LogP contribution in [-0.2, 0) is 0 Å². The number of nitro benzene ring substituents is 1. The highest BCUT2D eigenvalue weighted by molar-refractivity contribution is 5.37. The van der Waals surface area contributed by atoms with Crippen molar-refractivity contribution in [1.82, 2.24) is 4.90 Å². The van der Waals surface area contributed by atoms with Crippen LogP contribution < -0.4 is 0 Å². The average Bonchev–Trinajstić information content (AvgIpc) is 2.39. The van der Waals surface area contributed by atoms with Crippen LogP contribution >= 0.6 is 0 Å². The van der Waals surface area contributed by atoms with Crippen LogP contribution in [0.25, 0.3) is 0 Å². The van der Waals surface area contributed by atoms with Crippen molar-refractivity contribution in [2.45, 2.75) is 6.10 Å². The third-order valence-corrected chi connectivity index (χ3v) is 2.76. The second kappa shape index (κ2) is 7.52. The van der Waals surface area contributed by atoms with Gasteiger partial charge in [-0.3, -0.25) is 15.0 Å². The molecule has 1 rings (SSSR count). The normalized spacial score (nSPS) is 12.2. The summed E-state index contributed by atoms with van der Waals surface area (Å²) in [4.78, 5) is 11.7. The van der Waals surface area contributed by atoms with E-state index in [-0.39, 0.29) is 6.54 Å². The Hall–Kier alpha value is -2.05. The third kappa shape index (κ3) is 4.25. The number of hydrogen-bond donors (Lipinski definition) is 1. The Kier molecular flexibility index (Phi) is 6.02. The Balaban J connectivity index is 2.88. The number of hydrogen-bond acceptors (Lipinski definition) is 4. The van der Waals surface area contributed by atoms with Crippen molar-refractivity contribution >= 4 is 5.69 Å². The van der Waals surface area contributed by atoms with Crippen LogP contribution in [0, 0.1) is 15.9 Å². The highest BCUT2D eigenvalue weighted by atomic mass is 19.1. The van der Waals surface area contributed by atoms with E-state index in [1.54, 1.807) is 12.2 Å². The molecule has 20 heavy (non-hydrogen) atoms. The van der Waals surface area contributed by atoms with Gasteiger partial charge in [0.05, 0.1) is 11.0 Å². The molecule has 0 saturated heterocycles. The molecule has 0 aliphatic carbocycles. The van der Waals surface area contributed by atoms with Crippen LogP contribution in [-0.4, -0.2) is 34.6 Å². The minimum Gasteiger partial charge on any atom is -0.387 e. The lowest BCUT2D eigenvalue weighted by molar-refractivity contribution is -0.387. The molecular formula is C14H17FN2O3. The van der Waals surface area contributed by atoms with E-state index in [2.05, 4.69) is 13.2 Å². The molecule has 0 aliphatic heterocycles. The van der Waals surface area contributed by atoms with E-state index in [4.69, 9.17) is 0 Å². The maximum absolute atomic E-state index is 13.2. The summed E-state index contributed by atoms with van der Waals surface area (Å²) in [5.41, 5.74) is -0.336. The highest BCUT2D eigenvalue weighted by Gasteiger charge is 2.19. The van der Waals surface area contributed by atoms with Gasteiger partial charge in [-0.15, -0.1) is 13.2 Å². The number of aliphatic hydroxyl groups excluding tert-OH is 1. The van der Waals surface area contributed by atoms with E-state index >= 15 is 0 Å². The Morgan fingerprint density at radius 1 is 1.40 bits per heavy atom. The molecule has 1 atom stereocenters. The number of halogens is 1. The van der Waals surface area contributed by atoms with Crippen molar-refractivity contribution < 1.29 is 14.4 Å². The van der Waals surface area contributed by atoms with E-state index in [0.717, 1.165) is 12.1 Å². The Labute approximate surface area is 116 Å². The smallest absolute Gasteiger partial charge is 0.305 e. The molecule has 108 valence electrons. The predicted octanol–water partition coefficient (Wildman–Crippen LogP) is 2.44. The highest BCUT2D eigenvalue weighted by Crippen LogP contribution is 2.23. The average molecular weight is 280 g/mol. The van der Waals surface area contributed by atoms with E-state index < -0.39 is 22.5 Å².